The Balaban J connectivity index is 1.43. The zero-order valence-corrected chi connectivity index (χ0v) is 12.7. The number of benzene rings is 1. The number of nitrogens with zero attached hydrogens (tertiary/aromatic N) is 2. The number of carbonyl (C=O) groups excluding carboxylic acids is 1. The number of pyridine rings is 1. The van der Waals surface area contributed by atoms with Gasteiger partial charge in [-0.15, -0.1) is 11.3 Å². The van der Waals surface area contributed by atoms with E-state index in [1.807, 2.05) is 36.4 Å². The van der Waals surface area contributed by atoms with E-state index in [4.69, 9.17) is 4.74 Å². The second-order valence-electron chi connectivity index (χ2n) is 4.71. The topological polar surface area (TPSA) is 64.1 Å². The summed E-state index contributed by atoms with van der Waals surface area (Å²) in [6, 6.07) is 11.7. The number of aromatic nitrogens is 2. The third-order valence-corrected chi connectivity index (χ3v) is 4.02. The molecule has 0 aliphatic rings. The molecular weight excluding hydrogens is 298 g/mol. The first kappa shape index (κ1) is 14.6. The zero-order valence-electron chi connectivity index (χ0n) is 11.9. The molecule has 0 aliphatic carbocycles. The van der Waals surface area contributed by atoms with Gasteiger partial charge in [0.1, 0.15) is 11.6 Å². The molecule has 0 bridgehead atoms. The SMILES string of the molecule is O=C(COCc1nc2ccccc2s1)NCc1cccnc1. The molecule has 0 aliphatic heterocycles. The summed E-state index contributed by atoms with van der Waals surface area (Å²) in [5, 5.41) is 3.67. The van der Waals surface area contributed by atoms with Gasteiger partial charge >= 0.3 is 0 Å². The van der Waals surface area contributed by atoms with Crippen molar-refractivity contribution in [1.29, 1.82) is 0 Å². The first-order valence-electron chi connectivity index (χ1n) is 6.89. The molecule has 0 radical (unpaired) electrons. The van der Waals surface area contributed by atoms with E-state index in [-0.39, 0.29) is 12.5 Å². The van der Waals surface area contributed by atoms with Crippen LogP contribution in [0.15, 0.2) is 48.8 Å². The minimum absolute atomic E-state index is 0.0240. The highest BCUT2D eigenvalue weighted by Gasteiger charge is 2.05. The summed E-state index contributed by atoms with van der Waals surface area (Å²) in [5.74, 6) is -0.148. The third kappa shape index (κ3) is 3.87. The van der Waals surface area contributed by atoms with Gasteiger partial charge in [-0.05, 0) is 23.8 Å². The normalized spacial score (nSPS) is 10.7. The number of para-hydroxylation sites is 1. The molecule has 112 valence electrons. The lowest BCUT2D eigenvalue weighted by Gasteiger charge is -2.05. The van der Waals surface area contributed by atoms with Crippen molar-refractivity contribution >= 4 is 27.5 Å². The largest absolute Gasteiger partial charge is 0.364 e. The fourth-order valence-electron chi connectivity index (χ4n) is 1.97. The van der Waals surface area contributed by atoms with Gasteiger partial charge in [0, 0.05) is 18.9 Å². The molecule has 0 unspecified atom stereocenters. The average molecular weight is 313 g/mol. The molecule has 5 nitrogen and oxygen atoms in total. The number of hydrogen-bond acceptors (Lipinski definition) is 5. The van der Waals surface area contributed by atoms with Crippen molar-refractivity contribution < 1.29 is 9.53 Å². The predicted molar refractivity (Wildman–Crippen MR) is 85.4 cm³/mol. The van der Waals surface area contributed by atoms with E-state index < -0.39 is 0 Å². The summed E-state index contributed by atoms with van der Waals surface area (Å²) in [6.45, 7) is 0.826. The first-order chi connectivity index (χ1) is 10.8. The molecule has 1 N–H and O–H groups in total. The molecule has 0 saturated heterocycles. The van der Waals surface area contributed by atoms with Gasteiger partial charge in [0.25, 0.3) is 0 Å². The lowest BCUT2D eigenvalue weighted by Crippen LogP contribution is -2.27. The highest BCUT2D eigenvalue weighted by Crippen LogP contribution is 2.21. The van der Waals surface area contributed by atoms with Crippen LogP contribution in [-0.2, 0) is 22.7 Å². The van der Waals surface area contributed by atoms with Gasteiger partial charge in [-0.1, -0.05) is 18.2 Å². The van der Waals surface area contributed by atoms with Crippen LogP contribution in [0.25, 0.3) is 10.2 Å². The van der Waals surface area contributed by atoms with E-state index >= 15 is 0 Å². The van der Waals surface area contributed by atoms with Crippen molar-refractivity contribution in [2.45, 2.75) is 13.2 Å². The van der Waals surface area contributed by atoms with E-state index in [9.17, 15) is 4.79 Å². The van der Waals surface area contributed by atoms with Crippen molar-refractivity contribution in [3.05, 3.63) is 59.4 Å². The molecule has 0 atom stereocenters. The second-order valence-corrected chi connectivity index (χ2v) is 5.82. The van der Waals surface area contributed by atoms with Crippen LogP contribution in [-0.4, -0.2) is 22.5 Å². The average Bonchev–Trinajstić information content (AvgIpc) is 2.96. The molecule has 3 rings (SSSR count). The van der Waals surface area contributed by atoms with Crippen LogP contribution >= 0.6 is 11.3 Å². The summed E-state index contributed by atoms with van der Waals surface area (Å²) in [6.07, 6.45) is 3.43. The van der Waals surface area contributed by atoms with Gasteiger partial charge in [0.05, 0.1) is 16.8 Å². The summed E-state index contributed by atoms with van der Waals surface area (Å²) >= 11 is 1.58. The Bertz CT molecular complexity index is 725. The summed E-state index contributed by atoms with van der Waals surface area (Å²) in [7, 11) is 0. The van der Waals surface area contributed by atoms with Crippen LogP contribution in [0.4, 0.5) is 0 Å². The van der Waals surface area contributed by atoms with Gasteiger partial charge in [0.2, 0.25) is 5.91 Å². The minimum atomic E-state index is -0.148. The smallest absolute Gasteiger partial charge is 0.246 e. The molecule has 2 aromatic heterocycles. The van der Waals surface area contributed by atoms with E-state index in [1.165, 1.54) is 0 Å². The molecule has 6 heteroatoms. The maximum absolute atomic E-state index is 11.7. The number of fused-ring (bicyclic) bond motifs is 1. The molecule has 0 fully saturated rings. The van der Waals surface area contributed by atoms with Crippen molar-refractivity contribution in [3.8, 4) is 0 Å². The van der Waals surface area contributed by atoms with Gasteiger partial charge in [0.15, 0.2) is 0 Å². The number of carbonyl (C=O) groups is 1. The van der Waals surface area contributed by atoms with Crippen LogP contribution in [0.5, 0.6) is 0 Å². The molecule has 22 heavy (non-hydrogen) atoms. The number of hydrogen-bond donors (Lipinski definition) is 1. The fraction of sp³-hybridized carbons (Fsp3) is 0.188. The maximum atomic E-state index is 11.7. The van der Waals surface area contributed by atoms with Crippen LogP contribution in [0.2, 0.25) is 0 Å². The molecule has 0 saturated carbocycles. The zero-order chi connectivity index (χ0) is 15.2. The molecular formula is C16H15N3O2S. The Hall–Kier alpha value is -2.31. The number of ether oxygens (including phenoxy) is 1. The number of thiazole rings is 1. The highest BCUT2D eigenvalue weighted by molar-refractivity contribution is 7.18. The number of rotatable bonds is 6. The maximum Gasteiger partial charge on any atom is 0.246 e. The Kier molecular flexibility index (Phi) is 4.72. The van der Waals surface area contributed by atoms with Crippen LogP contribution < -0.4 is 5.32 Å². The van der Waals surface area contributed by atoms with E-state index in [0.717, 1.165) is 20.8 Å². The minimum Gasteiger partial charge on any atom is -0.364 e. The molecule has 1 amide bonds. The van der Waals surface area contributed by atoms with Gasteiger partial charge in [-0.25, -0.2) is 4.98 Å². The van der Waals surface area contributed by atoms with Crippen molar-refractivity contribution in [2.24, 2.45) is 0 Å². The van der Waals surface area contributed by atoms with Gasteiger partial charge in [-0.3, -0.25) is 9.78 Å². The van der Waals surface area contributed by atoms with Crippen LogP contribution in [0.1, 0.15) is 10.6 Å². The van der Waals surface area contributed by atoms with Crippen molar-refractivity contribution in [2.75, 3.05) is 6.61 Å². The summed E-state index contributed by atoms with van der Waals surface area (Å²) in [4.78, 5) is 20.2. The lowest BCUT2D eigenvalue weighted by atomic mass is 10.3. The van der Waals surface area contributed by atoms with Crippen LogP contribution in [0, 0.1) is 0 Å². The molecule has 2 heterocycles. The van der Waals surface area contributed by atoms with E-state index in [1.54, 1.807) is 23.7 Å². The molecule has 0 spiro atoms. The molecule has 1 aromatic carbocycles. The monoisotopic (exact) mass is 313 g/mol. The standard InChI is InChI=1S/C16H15N3O2S/c20-15(18-9-12-4-3-7-17-8-12)10-21-11-16-19-13-5-1-2-6-14(13)22-16/h1-8H,9-11H2,(H,18,20). The number of nitrogens with one attached hydrogen (secondary N) is 1. The summed E-state index contributed by atoms with van der Waals surface area (Å²) in [5.41, 5.74) is 1.93. The van der Waals surface area contributed by atoms with E-state index in [0.29, 0.717) is 13.2 Å². The van der Waals surface area contributed by atoms with Gasteiger partial charge < -0.3 is 10.1 Å². The van der Waals surface area contributed by atoms with Crippen LogP contribution in [0.3, 0.4) is 0 Å². The Morgan fingerprint density at radius 1 is 1.23 bits per heavy atom. The molecule has 3 aromatic rings. The third-order valence-electron chi connectivity index (χ3n) is 3.01. The number of amides is 1. The van der Waals surface area contributed by atoms with Crippen molar-refractivity contribution in [3.63, 3.8) is 0 Å². The first-order valence-corrected chi connectivity index (χ1v) is 7.71. The van der Waals surface area contributed by atoms with Gasteiger partial charge in [-0.2, -0.15) is 0 Å². The lowest BCUT2D eigenvalue weighted by molar-refractivity contribution is -0.126. The Morgan fingerprint density at radius 3 is 2.95 bits per heavy atom. The van der Waals surface area contributed by atoms with Crippen molar-refractivity contribution in [1.82, 2.24) is 15.3 Å². The summed E-state index contributed by atoms with van der Waals surface area (Å²) < 4.78 is 6.55. The fourth-order valence-corrected chi connectivity index (χ4v) is 2.87. The Labute approximate surface area is 132 Å². The van der Waals surface area contributed by atoms with E-state index in [2.05, 4.69) is 15.3 Å². The highest BCUT2D eigenvalue weighted by atomic mass is 32.1. The second kappa shape index (κ2) is 7.11. The predicted octanol–water partition coefficient (Wildman–Crippen LogP) is 2.52. The quantitative estimate of drug-likeness (QED) is 0.759. The Morgan fingerprint density at radius 2 is 2.14 bits per heavy atom.